The van der Waals surface area contributed by atoms with E-state index in [4.69, 9.17) is 9.47 Å². The number of halogens is 1. The number of nitrogens with zero attached hydrogens (tertiary/aromatic N) is 2. The van der Waals surface area contributed by atoms with Gasteiger partial charge in [-0.25, -0.2) is 14.8 Å². The molecule has 0 unspecified atom stereocenters. The summed E-state index contributed by atoms with van der Waals surface area (Å²) < 4.78 is 10.0. The number of fused-ring (bicyclic) bond motifs is 1. The summed E-state index contributed by atoms with van der Waals surface area (Å²) in [5.41, 5.74) is 2.65. The van der Waals surface area contributed by atoms with Gasteiger partial charge in [0.25, 0.3) is 0 Å². The maximum Gasteiger partial charge on any atom is 0.337 e. The minimum absolute atomic E-state index is 0. The average Bonchev–Trinajstić information content (AvgIpc) is 2.97. The van der Waals surface area contributed by atoms with E-state index < -0.39 is 5.97 Å². The number of nitrogens with one attached hydrogen (secondary N) is 1. The Morgan fingerprint density at radius 1 is 1.23 bits per heavy atom. The van der Waals surface area contributed by atoms with E-state index in [9.17, 15) is 4.79 Å². The Morgan fingerprint density at radius 2 is 2.05 bits per heavy atom. The molecule has 0 saturated carbocycles. The van der Waals surface area contributed by atoms with Gasteiger partial charge in [0.1, 0.15) is 11.6 Å². The molecule has 22 heavy (non-hydrogen) atoms. The number of imidazole rings is 1. The van der Waals surface area contributed by atoms with Gasteiger partial charge in [-0.3, -0.25) is 0 Å². The highest BCUT2D eigenvalue weighted by Crippen LogP contribution is 2.30. The third-order valence-electron chi connectivity index (χ3n) is 3.14. The molecule has 0 aliphatic carbocycles. The number of hydrogen-bond acceptors (Lipinski definition) is 5. The third-order valence-corrected chi connectivity index (χ3v) is 3.14. The van der Waals surface area contributed by atoms with Crippen LogP contribution < -0.4 is 4.74 Å². The van der Waals surface area contributed by atoms with Gasteiger partial charge in [0.2, 0.25) is 0 Å². The lowest BCUT2D eigenvalue weighted by molar-refractivity contribution is 0.0600. The lowest BCUT2D eigenvalue weighted by Crippen LogP contribution is -2.02. The quantitative estimate of drug-likeness (QED) is 0.751. The van der Waals surface area contributed by atoms with Crippen LogP contribution in [0.1, 0.15) is 10.4 Å². The van der Waals surface area contributed by atoms with Crippen molar-refractivity contribution in [3.8, 4) is 17.1 Å². The van der Waals surface area contributed by atoms with E-state index in [2.05, 4.69) is 15.0 Å². The highest BCUT2D eigenvalue weighted by Gasteiger charge is 2.14. The molecule has 0 radical (unpaired) electrons. The van der Waals surface area contributed by atoms with Crippen LogP contribution in [0.15, 0.2) is 36.5 Å². The molecule has 2 aromatic heterocycles. The predicted octanol–water partition coefficient (Wildman–Crippen LogP) is 2.84. The fraction of sp³-hybridized carbons (Fsp3) is 0.133. The second-order valence-electron chi connectivity index (χ2n) is 4.37. The molecule has 0 spiro atoms. The highest BCUT2D eigenvalue weighted by atomic mass is 35.5. The van der Waals surface area contributed by atoms with Gasteiger partial charge in [0.05, 0.1) is 30.9 Å². The van der Waals surface area contributed by atoms with Gasteiger partial charge < -0.3 is 14.5 Å². The molecule has 1 aromatic carbocycles. The van der Waals surface area contributed by atoms with E-state index in [1.54, 1.807) is 31.5 Å². The molecular weight excluding hydrogens is 306 g/mol. The van der Waals surface area contributed by atoms with Crippen molar-refractivity contribution in [1.82, 2.24) is 15.0 Å². The minimum Gasteiger partial charge on any atom is -0.496 e. The zero-order valence-corrected chi connectivity index (χ0v) is 12.8. The average molecular weight is 320 g/mol. The maximum atomic E-state index is 11.6. The van der Waals surface area contributed by atoms with Gasteiger partial charge in [0.15, 0.2) is 5.65 Å². The molecular formula is C15H14ClN3O3. The topological polar surface area (TPSA) is 77.1 Å². The number of aromatic amines is 1. The molecule has 0 amide bonds. The van der Waals surface area contributed by atoms with Crippen LogP contribution in [0, 0.1) is 0 Å². The van der Waals surface area contributed by atoms with Crippen molar-refractivity contribution in [1.29, 1.82) is 0 Å². The summed E-state index contributed by atoms with van der Waals surface area (Å²) >= 11 is 0. The van der Waals surface area contributed by atoms with Crippen molar-refractivity contribution in [2.45, 2.75) is 0 Å². The van der Waals surface area contributed by atoms with Crippen molar-refractivity contribution < 1.29 is 14.3 Å². The Kier molecular flexibility index (Phi) is 4.62. The molecule has 0 bridgehead atoms. The first-order valence-electron chi connectivity index (χ1n) is 6.30. The Hall–Kier alpha value is -2.60. The van der Waals surface area contributed by atoms with Crippen LogP contribution in [0.4, 0.5) is 0 Å². The lowest BCUT2D eigenvalue weighted by atomic mass is 10.1. The van der Waals surface area contributed by atoms with Crippen LogP contribution >= 0.6 is 12.4 Å². The summed E-state index contributed by atoms with van der Waals surface area (Å²) in [5.74, 6) is 0.764. The molecule has 3 rings (SSSR count). The smallest absolute Gasteiger partial charge is 0.337 e. The van der Waals surface area contributed by atoms with Gasteiger partial charge in [-0.2, -0.15) is 0 Å². The molecule has 3 aromatic rings. The first kappa shape index (κ1) is 15.8. The van der Waals surface area contributed by atoms with E-state index in [-0.39, 0.29) is 12.4 Å². The summed E-state index contributed by atoms with van der Waals surface area (Å²) in [6.45, 7) is 0. The van der Waals surface area contributed by atoms with E-state index >= 15 is 0 Å². The van der Waals surface area contributed by atoms with Gasteiger partial charge in [0, 0.05) is 6.20 Å². The fourth-order valence-corrected chi connectivity index (χ4v) is 2.10. The van der Waals surface area contributed by atoms with Crippen molar-refractivity contribution >= 4 is 29.5 Å². The molecule has 0 aliphatic rings. The Bertz CT molecular complexity index is 784. The Labute approximate surface area is 132 Å². The number of carbonyl (C=O) groups excluding carboxylic acids is 1. The van der Waals surface area contributed by atoms with Crippen LogP contribution in [0.3, 0.4) is 0 Å². The maximum absolute atomic E-state index is 11.6. The summed E-state index contributed by atoms with van der Waals surface area (Å²) in [7, 11) is 2.88. The summed E-state index contributed by atoms with van der Waals surface area (Å²) in [4.78, 5) is 23.3. The molecule has 0 fully saturated rings. The zero-order chi connectivity index (χ0) is 14.8. The van der Waals surface area contributed by atoms with E-state index in [0.717, 1.165) is 11.1 Å². The van der Waals surface area contributed by atoms with Gasteiger partial charge >= 0.3 is 5.97 Å². The van der Waals surface area contributed by atoms with Crippen LogP contribution in [-0.4, -0.2) is 35.1 Å². The summed E-state index contributed by atoms with van der Waals surface area (Å²) in [6, 6.07) is 8.80. The first-order valence-corrected chi connectivity index (χ1v) is 6.30. The van der Waals surface area contributed by atoms with Gasteiger partial charge in [-0.1, -0.05) is 0 Å². The van der Waals surface area contributed by atoms with Crippen molar-refractivity contribution in [3.05, 3.63) is 42.1 Å². The third kappa shape index (κ3) is 2.73. The van der Waals surface area contributed by atoms with Gasteiger partial charge in [-0.05, 0) is 30.3 Å². The molecule has 0 aliphatic heterocycles. The van der Waals surface area contributed by atoms with E-state index in [0.29, 0.717) is 22.8 Å². The highest BCUT2D eigenvalue weighted by molar-refractivity contribution is 5.91. The van der Waals surface area contributed by atoms with E-state index in [1.807, 2.05) is 12.1 Å². The summed E-state index contributed by atoms with van der Waals surface area (Å²) in [6.07, 6.45) is 1.69. The molecule has 114 valence electrons. The summed E-state index contributed by atoms with van der Waals surface area (Å²) in [5, 5.41) is 0. The van der Waals surface area contributed by atoms with Crippen molar-refractivity contribution in [3.63, 3.8) is 0 Å². The first-order chi connectivity index (χ1) is 10.2. The predicted molar refractivity (Wildman–Crippen MR) is 84.5 cm³/mol. The number of aromatic nitrogens is 3. The zero-order valence-electron chi connectivity index (χ0n) is 12.0. The van der Waals surface area contributed by atoms with E-state index in [1.165, 1.54) is 7.11 Å². The number of rotatable bonds is 3. The number of methoxy groups -OCH3 is 2. The normalized spacial score (nSPS) is 10.1. The molecule has 0 saturated heterocycles. The second-order valence-corrected chi connectivity index (χ2v) is 4.37. The van der Waals surface area contributed by atoms with Crippen molar-refractivity contribution in [2.24, 2.45) is 0 Å². The monoisotopic (exact) mass is 319 g/mol. The van der Waals surface area contributed by atoms with Crippen LogP contribution in [0.25, 0.3) is 22.6 Å². The number of carbonyl (C=O) groups is 1. The SMILES string of the molecule is COC(=O)c1ccc(-c2nc3ncccc3[nH]2)c(OC)c1.Cl. The molecule has 0 atom stereocenters. The molecule has 1 N–H and O–H groups in total. The molecule has 7 heteroatoms. The number of hydrogen-bond donors (Lipinski definition) is 1. The lowest BCUT2D eigenvalue weighted by Gasteiger charge is -2.08. The Balaban J connectivity index is 0.00000176. The molecule has 6 nitrogen and oxygen atoms in total. The number of benzene rings is 1. The number of H-pyrrole nitrogens is 1. The molecule has 2 heterocycles. The number of esters is 1. The van der Waals surface area contributed by atoms with Crippen LogP contribution in [0.5, 0.6) is 5.75 Å². The largest absolute Gasteiger partial charge is 0.496 e. The van der Waals surface area contributed by atoms with Crippen LogP contribution in [-0.2, 0) is 4.74 Å². The number of ether oxygens (including phenoxy) is 2. The number of pyridine rings is 1. The minimum atomic E-state index is -0.411. The van der Waals surface area contributed by atoms with Crippen molar-refractivity contribution in [2.75, 3.05) is 14.2 Å². The van der Waals surface area contributed by atoms with Crippen LogP contribution in [0.2, 0.25) is 0 Å². The van der Waals surface area contributed by atoms with Gasteiger partial charge in [-0.15, -0.1) is 12.4 Å². The fourth-order valence-electron chi connectivity index (χ4n) is 2.10. The Morgan fingerprint density at radius 3 is 2.73 bits per heavy atom. The second kappa shape index (κ2) is 6.44. The standard InChI is InChI=1S/C15H13N3O3.ClH/c1-20-12-8-9(15(19)21-2)5-6-10(12)13-17-11-4-3-7-16-14(11)18-13;/h3-8H,1-2H3,(H,16,17,18);1H.